The van der Waals surface area contributed by atoms with Crippen molar-refractivity contribution in [3.63, 3.8) is 0 Å². The van der Waals surface area contributed by atoms with Crippen molar-refractivity contribution < 1.29 is 9.53 Å². The van der Waals surface area contributed by atoms with E-state index in [0.717, 1.165) is 18.7 Å². The standard InChI is InChI=1S/C22H25NO2/c1-17(2)16-25-21-10-6-9-20(15-21)22(24)23-13-11-19(12-14-23)18-7-4-3-5-8-18/h3-11,15,17H,12-14,16H2,1-2H3. The van der Waals surface area contributed by atoms with E-state index in [2.05, 4.69) is 44.2 Å². The molecule has 1 aliphatic heterocycles. The van der Waals surface area contributed by atoms with Crippen molar-refractivity contribution in [2.75, 3.05) is 19.7 Å². The van der Waals surface area contributed by atoms with Gasteiger partial charge >= 0.3 is 0 Å². The molecule has 25 heavy (non-hydrogen) atoms. The average Bonchev–Trinajstić information content (AvgIpc) is 2.67. The lowest BCUT2D eigenvalue weighted by molar-refractivity contribution is 0.0772. The van der Waals surface area contributed by atoms with Gasteiger partial charge in [0.05, 0.1) is 6.61 Å². The summed E-state index contributed by atoms with van der Waals surface area (Å²) < 4.78 is 5.74. The number of carbonyl (C=O) groups excluding carboxylic acids is 1. The highest BCUT2D eigenvalue weighted by molar-refractivity contribution is 5.95. The van der Waals surface area contributed by atoms with Crippen molar-refractivity contribution in [1.29, 1.82) is 0 Å². The largest absolute Gasteiger partial charge is 0.493 e. The summed E-state index contributed by atoms with van der Waals surface area (Å²) in [6.45, 7) is 6.28. The maximum atomic E-state index is 12.8. The van der Waals surface area contributed by atoms with Crippen LogP contribution in [0.2, 0.25) is 0 Å². The van der Waals surface area contributed by atoms with Crippen LogP contribution in [-0.2, 0) is 0 Å². The Kier molecular flexibility index (Phi) is 5.54. The number of amides is 1. The van der Waals surface area contributed by atoms with Gasteiger partial charge in [0.15, 0.2) is 0 Å². The topological polar surface area (TPSA) is 29.5 Å². The van der Waals surface area contributed by atoms with E-state index >= 15 is 0 Å². The van der Waals surface area contributed by atoms with Crippen molar-refractivity contribution in [2.45, 2.75) is 20.3 Å². The van der Waals surface area contributed by atoms with Crippen LogP contribution in [0.4, 0.5) is 0 Å². The molecule has 2 aromatic carbocycles. The molecule has 1 aliphatic rings. The highest BCUT2D eigenvalue weighted by Gasteiger charge is 2.19. The van der Waals surface area contributed by atoms with Crippen LogP contribution in [0.3, 0.4) is 0 Å². The third kappa shape index (κ3) is 4.50. The third-order valence-electron chi connectivity index (χ3n) is 4.31. The summed E-state index contributed by atoms with van der Waals surface area (Å²) in [6.07, 6.45) is 3.05. The summed E-state index contributed by atoms with van der Waals surface area (Å²) in [7, 11) is 0. The first-order valence-electron chi connectivity index (χ1n) is 8.90. The van der Waals surface area contributed by atoms with Gasteiger partial charge in [0, 0.05) is 18.7 Å². The molecule has 1 heterocycles. The highest BCUT2D eigenvalue weighted by atomic mass is 16.5. The summed E-state index contributed by atoms with van der Waals surface area (Å²) in [4.78, 5) is 14.7. The van der Waals surface area contributed by atoms with Crippen LogP contribution < -0.4 is 4.74 Å². The lowest BCUT2D eigenvalue weighted by Crippen LogP contribution is -2.34. The van der Waals surface area contributed by atoms with Crippen molar-refractivity contribution >= 4 is 11.5 Å². The summed E-state index contributed by atoms with van der Waals surface area (Å²) in [5.41, 5.74) is 3.26. The normalized spacial score (nSPS) is 14.4. The van der Waals surface area contributed by atoms with E-state index in [1.54, 1.807) is 0 Å². The summed E-state index contributed by atoms with van der Waals surface area (Å²) in [5, 5.41) is 0. The molecule has 130 valence electrons. The molecular formula is C22H25NO2. The quantitative estimate of drug-likeness (QED) is 0.796. The van der Waals surface area contributed by atoms with E-state index in [9.17, 15) is 4.79 Å². The van der Waals surface area contributed by atoms with E-state index in [0.29, 0.717) is 24.6 Å². The first-order chi connectivity index (χ1) is 12.1. The van der Waals surface area contributed by atoms with E-state index in [-0.39, 0.29) is 5.91 Å². The monoisotopic (exact) mass is 335 g/mol. The number of rotatable bonds is 5. The first kappa shape index (κ1) is 17.3. The summed E-state index contributed by atoms with van der Waals surface area (Å²) in [6, 6.07) is 17.9. The zero-order valence-electron chi connectivity index (χ0n) is 14.9. The van der Waals surface area contributed by atoms with Crippen LogP contribution in [0.5, 0.6) is 5.75 Å². The minimum absolute atomic E-state index is 0.0679. The zero-order chi connectivity index (χ0) is 17.6. The Balaban J connectivity index is 1.66. The molecule has 0 fully saturated rings. The Morgan fingerprint density at radius 2 is 1.92 bits per heavy atom. The molecule has 2 aromatic rings. The van der Waals surface area contributed by atoms with Gasteiger partial charge in [0.1, 0.15) is 5.75 Å². The van der Waals surface area contributed by atoms with Gasteiger partial charge in [0.25, 0.3) is 5.91 Å². The predicted molar refractivity (Wildman–Crippen MR) is 102 cm³/mol. The molecule has 0 unspecified atom stereocenters. The minimum Gasteiger partial charge on any atom is -0.493 e. The second kappa shape index (κ2) is 8.02. The van der Waals surface area contributed by atoms with Gasteiger partial charge in [-0.25, -0.2) is 0 Å². The van der Waals surface area contributed by atoms with E-state index < -0.39 is 0 Å². The van der Waals surface area contributed by atoms with Crippen LogP contribution in [0.1, 0.15) is 36.2 Å². The van der Waals surface area contributed by atoms with Gasteiger partial charge in [-0.3, -0.25) is 4.79 Å². The second-order valence-corrected chi connectivity index (χ2v) is 6.83. The fourth-order valence-corrected chi connectivity index (χ4v) is 2.93. The lowest BCUT2D eigenvalue weighted by atomic mass is 9.99. The van der Waals surface area contributed by atoms with Gasteiger partial charge in [-0.15, -0.1) is 0 Å². The van der Waals surface area contributed by atoms with Crippen LogP contribution in [-0.4, -0.2) is 30.5 Å². The zero-order valence-corrected chi connectivity index (χ0v) is 14.9. The first-order valence-corrected chi connectivity index (χ1v) is 8.90. The molecule has 0 atom stereocenters. The lowest BCUT2D eigenvalue weighted by Gasteiger charge is -2.27. The van der Waals surface area contributed by atoms with Gasteiger partial charge in [-0.1, -0.05) is 56.3 Å². The van der Waals surface area contributed by atoms with Crippen molar-refractivity contribution in [2.24, 2.45) is 5.92 Å². The fourth-order valence-electron chi connectivity index (χ4n) is 2.93. The predicted octanol–water partition coefficient (Wildman–Crippen LogP) is 4.65. The SMILES string of the molecule is CC(C)COc1cccc(C(=O)N2CC=C(c3ccccc3)CC2)c1. The molecule has 0 saturated heterocycles. The number of nitrogens with zero attached hydrogens (tertiary/aromatic N) is 1. The summed E-state index contributed by atoms with van der Waals surface area (Å²) in [5.74, 6) is 1.29. The van der Waals surface area contributed by atoms with Gasteiger partial charge in [0.2, 0.25) is 0 Å². The molecule has 3 heteroatoms. The molecule has 3 rings (SSSR count). The Bertz CT molecular complexity index is 750. The molecular weight excluding hydrogens is 310 g/mol. The minimum atomic E-state index is 0.0679. The third-order valence-corrected chi connectivity index (χ3v) is 4.31. The van der Waals surface area contributed by atoms with Crippen LogP contribution in [0, 0.1) is 5.92 Å². The Hall–Kier alpha value is -2.55. The van der Waals surface area contributed by atoms with Gasteiger partial charge in [-0.2, -0.15) is 0 Å². The Morgan fingerprint density at radius 3 is 2.60 bits per heavy atom. The smallest absolute Gasteiger partial charge is 0.254 e. The number of carbonyl (C=O) groups is 1. The second-order valence-electron chi connectivity index (χ2n) is 6.83. The van der Waals surface area contributed by atoms with Crippen LogP contribution in [0.15, 0.2) is 60.7 Å². The van der Waals surface area contributed by atoms with Crippen molar-refractivity contribution in [3.8, 4) is 5.75 Å². The Morgan fingerprint density at radius 1 is 1.12 bits per heavy atom. The number of benzene rings is 2. The molecule has 0 N–H and O–H groups in total. The highest BCUT2D eigenvalue weighted by Crippen LogP contribution is 2.23. The molecule has 0 aromatic heterocycles. The number of hydrogen-bond donors (Lipinski definition) is 0. The maximum Gasteiger partial charge on any atom is 0.254 e. The fraction of sp³-hybridized carbons (Fsp3) is 0.318. The van der Waals surface area contributed by atoms with Crippen LogP contribution in [0.25, 0.3) is 5.57 Å². The van der Waals surface area contributed by atoms with E-state index in [4.69, 9.17) is 4.74 Å². The number of hydrogen-bond acceptors (Lipinski definition) is 2. The van der Waals surface area contributed by atoms with Gasteiger partial charge < -0.3 is 9.64 Å². The maximum absolute atomic E-state index is 12.8. The number of ether oxygens (including phenoxy) is 1. The Labute approximate surface area is 149 Å². The molecule has 0 radical (unpaired) electrons. The van der Waals surface area contributed by atoms with E-state index in [1.807, 2.05) is 35.2 Å². The summed E-state index contributed by atoms with van der Waals surface area (Å²) >= 11 is 0. The molecule has 3 nitrogen and oxygen atoms in total. The van der Waals surface area contributed by atoms with E-state index in [1.165, 1.54) is 11.1 Å². The van der Waals surface area contributed by atoms with Crippen molar-refractivity contribution in [3.05, 3.63) is 71.8 Å². The molecule has 0 spiro atoms. The van der Waals surface area contributed by atoms with Crippen LogP contribution >= 0.6 is 0 Å². The molecule has 1 amide bonds. The average molecular weight is 335 g/mol. The molecule has 0 bridgehead atoms. The van der Waals surface area contributed by atoms with Crippen molar-refractivity contribution in [1.82, 2.24) is 4.90 Å². The van der Waals surface area contributed by atoms with Gasteiger partial charge in [-0.05, 0) is 41.7 Å². The molecule has 0 saturated carbocycles. The molecule has 0 aliphatic carbocycles.